The molecule has 134 valence electrons. The number of halogens is 1. The lowest BCUT2D eigenvalue weighted by atomic mass is 10.1. The summed E-state index contributed by atoms with van der Waals surface area (Å²) in [6, 6.07) is 11.2. The van der Waals surface area contributed by atoms with Crippen LogP contribution in [0.5, 0.6) is 11.5 Å². The fourth-order valence-corrected chi connectivity index (χ4v) is 2.60. The third kappa shape index (κ3) is 4.03. The molecule has 1 N–H and O–H groups in total. The van der Waals surface area contributed by atoms with Gasteiger partial charge >= 0.3 is 6.03 Å². The number of benzene rings is 2. The van der Waals surface area contributed by atoms with E-state index in [-0.39, 0.29) is 18.1 Å². The highest BCUT2D eigenvalue weighted by atomic mass is 19.1. The van der Waals surface area contributed by atoms with Crippen molar-refractivity contribution in [3.8, 4) is 17.6 Å². The van der Waals surface area contributed by atoms with E-state index in [9.17, 15) is 9.18 Å². The van der Waals surface area contributed by atoms with E-state index in [0.29, 0.717) is 36.8 Å². The quantitative estimate of drug-likeness (QED) is 0.915. The summed E-state index contributed by atoms with van der Waals surface area (Å²) in [5, 5.41) is 11.4. The number of fused-ring (bicyclic) bond motifs is 1. The predicted molar refractivity (Wildman–Crippen MR) is 92.2 cm³/mol. The fourth-order valence-electron chi connectivity index (χ4n) is 2.60. The molecule has 1 heterocycles. The van der Waals surface area contributed by atoms with Gasteiger partial charge in [0, 0.05) is 25.7 Å². The van der Waals surface area contributed by atoms with Crippen LogP contribution in [0.2, 0.25) is 0 Å². The Kier molecular flexibility index (Phi) is 5.23. The lowest BCUT2D eigenvalue weighted by molar-refractivity contribution is 0.171. The van der Waals surface area contributed by atoms with Crippen molar-refractivity contribution in [1.29, 1.82) is 5.26 Å². The summed E-state index contributed by atoms with van der Waals surface area (Å²) in [6.07, 6.45) is 0. The minimum absolute atomic E-state index is 0.0435. The van der Waals surface area contributed by atoms with Crippen LogP contribution in [-0.4, -0.2) is 31.2 Å². The Morgan fingerprint density at radius 1 is 1.23 bits per heavy atom. The molecule has 0 radical (unpaired) electrons. The largest absolute Gasteiger partial charge is 0.486 e. The number of hydrogen-bond donors (Lipinski definition) is 1. The number of hydrogen-bond acceptors (Lipinski definition) is 4. The Hall–Kier alpha value is -3.27. The summed E-state index contributed by atoms with van der Waals surface area (Å²) < 4.78 is 24.9. The molecule has 0 saturated heterocycles. The minimum atomic E-state index is -0.515. The molecule has 0 bridgehead atoms. The van der Waals surface area contributed by atoms with Gasteiger partial charge in [0.25, 0.3) is 0 Å². The van der Waals surface area contributed by atoms with E-state index in [2.05, 4.69) is 5.32 Å². The molecule has 2 aromatic rings. The van der Waals surface area contributed by atoms with Crippen LogP contribution in [0, 0.1) is 17.1 Å². The van der Waals surface area contributed by atoms with E-state index in [1.807, 2.05) is 24.3 Å². The zero-order valence-electron chi connectivity index (χ0n) is 14.3. The average molecular weight is 355 g/mol. The van der Waals surface area contributed by atoms with Gasteiger partial charge in [-0.1, -0.05) is 12.1 Å². The zero-order chi connectivity index (χ0) is 18.5. The Morgan fingerprint density at radius 3 is 2.73 bits per heavy atom. The van der Waals surface area contributed by atoms with E-state index >= 15 is 0 Å². The van der Waals surface area contributed by atoms with Crippen LogP contribution < -0.4 is 14.8 Å². The first-order valence-corrected chi connectivity index (χ1v) is 8.13. The number of rotatable bonds is 4. The third-order valence-electron chi connectivity index (χ3n) is 3.99. The Morgan fingerprint density at radius 2 is 2.00 bits per heavy atom. The first-order chi connectivity index (χ1) is 12.6. The molecular weight excluding hydrogens is 337 g/mol. The Bertz CT molecular complexity index is 864. The molecule has 0 atom stereocenters. The molecule has 0 spiro atoms. The van der Waals surface area contributed by atoms with E-state index in [1.54, 1.807) is 7.05 Å². The summed E-state index contributed by atoms with van der Waals surface area (Å²) in [5.74, 6) is 0.851. The van der Waals surface area contributed by atoms with E-state index in [4.69, 9.17) is 14.7 Å². The molecule has 6 nitrogen and oxygen atoms in total. The van der Waals surface area contributed by atoms with Gasteiger partial charge in [0.1, 0.15) is 19.0 Å². The zero-order valence-corrected chi connectivity index (χ0v) is 14.3. The van der Waals surface area contributed by atoms with Gasteiger partial charge < -0.3 is 19.7 Å². The molecule has 7 heteroatoms. The predicted octanol–water partition coefficient (Wildman–Crippen LogP) is 2.81. The van der Waals surface area contributed by atoms with Crippen LogP contribution in [-0.2, 0) is 13.1 Å². The van der Waals surface area contributed by atoms with Crippen molar-refractivity contribution in [2.45, 2.75) is 13.1 Å². The number of urea groups is 1. The molecule has 26 heavy (non-hydrogen) atoms. The first-order valence-electron chi connectivity index (χ1n) is 8.13. The molecule has 2 aromatic carbocycles. The van der Waals surface area contributed by atoms with Crippen LogP contribution in [0.15, 0.2) is 36.4 Å². The third-order valence-corrected chi connectivity index (χ3v) is 3.99. The van der Waals surface area contributed by atoms with E-state index < -0.39 is 5.82 Å². The number of nitriles is 1. The normalized spacial score (nSPS) is 12.2. The highest BCUT2D eigenvalue weighted by Gasteiger charge is 2.14. The van der Waals surface area contributed by atoms with Crippen LogP contribution in [0.1, 0.15) is 16.7 Å². The highest BCUT2D eigenvalue weighted by molar-refractivity contribution is 5.73. The average Bonchev–Trinajstić information content (AvgIpc) is 2.66. The monoisotopic (exact) mass is 355 g/mol. The maximum Gasteiger partial charge on any atom is 0.317 e. The lowest BCUT2D eigenvalue weighted by Crippen LogP contribution is -2.36. The lowest BCUT2D eigenvalue weighted by Gasteiger charge is -2.21. The van der Waals surface area contributed by atoms with Crippen LogP contribution in [0.3, 0.4) is 0 Å². The molecular formula is C19H18FN3O3. The number of nitrogens with zero attached hydrogens (tertiary/aromatic N) is 2. The van der Waals surface area contributed by atoms with E-state index in [1.165, 1.54) is 17.0 Å². The summed E-state index contributed by atoms with van der Waals surface area (Å²) in [7, 11) is 1.65. The summed E-state index contributed by atoms with van der Waals surface area (Å²) in [6.45, 7) is 1.45. The van der Waals surface area contributed by atoms with Gasteiger partial charge in [0.2, 0.25) is 0 Å². The fraction of sp³-hybridized carbons (Fsp3) is 0.263. The van der Waals surface area contributed by atoms with Gasteiger partial charge in [-0.25, -0.2) is 9.18 Å². The molecule has 0 unspecified atom stereocenters. The van der Waals surface area contributed by atoms with Gasteiger partial charge in [0.15, 0.2) is 11.5 Å². The van der Waals surface area contributed by atoms with Crippen LogP contribution in [0.4, 0.5) is 9.18 Å². The second-order valence-corrected chi connectivity index (χ2v) is 5.91. The number of carbonyl (C=O) groups is 1. The summed E-state index contributed by atoms with van der Waals surface area (Å²) >= 11 is 0. The summed E-state index contributed by atoms with van der Waals surface area (Å²) in [5.41, 5.74) is 1.47. The molecule has 0 fully saturated rings. The van der Waals surface area contributed by atoms with Crippen LogP contribution >= 0.6 is 0 Å². The van der Waals surface area contributed by atoms with Crippen molar-refractivity contribution in [1.82, 2.24) is 10.2 Å². The number of amides is 2. The number of nitrogens with one attached hydrogen (secondary N) is 1. The molecule has 0 aliphatic carbocycles. The smallest absolute Gasteiger partial charge is 0.317 e. The van der Waals surface area contributed by atoms with Crippen LogP contribution in [0.25, 0.3) is 0 Å². The Balaban J connectivity index is 1.57. The standard InChI is InChI=1S/C19H18FN3O3/c1-23(12-14-3-5-17-18(9-14)26-7-6-25-17)19(24)22-11-15-4-2-13(10-21)8-16(15)20/h2-5,8-9H,6-7,11-12H2,1H3,(H,22,24). The van der Waals surface area contributed by atoms with Gasteiger partial charge in [-0.2, -0.15) is 5.26 Å². The Labute approximate surface area is 150 Å². The first kappa shape index (κ1) is 17.5. The molecule has 1 aliphatic heterocycles. The topological polar surface area (TPSA) is 74.6 Å². The van der Waals surface area contributed by atoms with Crippen molar-refractivity contribution in [3.05, 3.63) is 58.9 Å². The number of carbonyl (C=O) groups excluding carboxylic acids is 1. The summed E-state index contributed by atoms with van der Waals surface area (Å²) in [4.78, 5) is 13.7. The number of ether oxygens (including phenoxy) is 2. The van der Waals surface area contributed by atoms with E-state index in [0.717, 1.165) is 11.6 Å². The SMILES string of the molecule is CN(Cc1ccc2c(c1)OCCO2)C(=O)NCc1ccc(C#N)cc1F. The highest BCUT2D eigenvalue weighted by Crippen LogP contribution is 2.31. The molecule has 3 rings (SSSR count). The van der Waals surface area contributed by atoms with Gasteiger partial charge in [-0.05, 0) is 29.8 Å². The van der Waals surface area contributed by atoms with Crippen molar-refractivity contribution < 1.29 is 18.7 Å². The molecule has 0 saturated carbocycles. The second kappa shape index (κ2) is 7.74. The van der Waals surface area contributed by atoms with Crippen molar-refractivity contribution >= 4 is 6.03 Å². The van der Waals surface area contributed by atoms with Gasteiger partial charge in [0.05, 0.1) is 11.6 Å². The van der Waals surface area contributed by atoms with Crippen molar-refractivity contribution in [3.63, 3.8) is 0 Å². The maximum absolute atomic E-state index is 13.9. The van der Waals surface area contributed by atoms with Crippen molar-refractivity contribution in [2.75, 3.05) is 20.3 Å². The second-order valence-electron chi connectivity index (χ2n) is 5.91. The molecule has 0 aromatic heterocycles. The minimum Gasteiger partial charge on any atom is -0.486 e. The maximum atomic E-state index is 13.9. The van der Waals surface area contributed by atoms with Gasteiger partial charge in [-0.3, -0.25) is 0 Å². The van der Waals surface area contributed by atoms with Gasteiger partial charge in [-0.15, -0.1) is 0 Å². The van der Waals surface area contributed by atoms with Crippen molar-refractivity contribution in [2.24, 2.45) is 0 Å². The molecule has 1 aliphatic rings. The molecule has 2 amide bonds.